The van der Waals surface area contributed by atoms with Gasteiger partial charge < -0.3 is 9.12 Å². The molecule has 0 saturated carbocycles. The van der Waals surface area contributed by atoms with Crippen LogP contribution in [-0.4, -0.2) is 47.5 Å². The minimum atomic E-state index is -3.61. The van der Waals surface area contributed by atoms with E-state index in [9.17, 15) is 27.0 Å². The molecule has 0 amide bonds. The lowest BCUT2D eigenvalue weighted by Gasteiger charge is -2.22. The fourth-order valence-electron chi connectivity index (χ4n) is 4.02. The number of halogens is 1. The molecule has 11 heteroatoms. The van der Waals surface area contributed by atoms with Gasteiger partial charge in [0, 0.05) is 61.5 Å². The van der Waals surface area contributed by atoms with Crippen molar-refractivity contribution in [1.82, 2.24) is 13.6 Å². The average Bonchev–Trinajstić information content (AvgIpc) is 2.88. The molecule has 3 rings (SSSR count). The molecule has 0 aliphatic carbocycles. The van der Waals surface area contributed by atoms with Gasteiger partial charge in [0.1, 0.15) is 11.6 Å². The van der Waals surface area contributed by atoms with Crippen LogP contribution in [0.25, 0.3) is 11.1 Å². The number of nitrogens with zero attached hydrogens (tertiary/aromatic N) is 2. The Bertz CT molecular complexity index is 1490. The summed E-state index contributed by atoms with van der Waals surface area (Å²) in [5.74, 6) is -0.715. The van der Waals surface area contributed by atoms with Gasteiger partial charge in [-0.1, -0.05) is 25.5 Å². The fraction of sp³-hybridized carbons (Fsp3) is 0.357. The summed E-state index contributed by atoms with van der Waals surface area (Å²) in [6.07, 6.45) is 3.25. The van der Waals surface area contributed by atoms with Crippen LogP contribution in [0, 0.1) is 5.82 Å². The van der Waals surface area contributed by atoms with Crippen LogP contribution in [0.3, 0.4) is 0 Å². The summed E-state index contributed by atoms with van der Waals surface area (Å²) in [5.41, 5.74) is 2.11. The third-order valence-electron chi connectivity index (χ3n) is 6.35. The molecule has 1 N–H and O–H groups in total. The number of benzene rings is 2. The normalized spacial score (nSPS) is 13.4. The van der Waals surface area contributed by atoms with Crippen LogP contribution in [0.2, 0.25) is 0 Å². The summed E-state index contributed by atoms with van der Waals surface area (Å²) in [5, 5.41) is 0. The number of aromatic nitrogens is 1. The number of pyridine rings is 1. The zero-order valence-electron chi connectivity index (χ0n) is 22.7. The van der Waals surface area contributed by atoms with E-state index in [0.717, 1.165) is 17.1 Å². The van der Waals surface area contributed by atoms with Gasteiger partial charge in [-0.15, -0.1) is 4.72 Å². The van der Waals surface area contributed by atoms with Gasteiger partial charge in [-0.05, 0) is 60.4 Å². The number of sulfonamides is 1. The quantitative estimate of drug-likeness (QED) is 0.259. The lowest BCUT2D eigenvalue weighted by molar-refractivity contribution is 0.103. The summed E-state index contributed by atoms with van der Waals surface area (Å²) < 4.78 is 57.0. The summed E-state index contributed by atoms with van der Waals surface area (Å²) in [6, 6.07) is 10.8. The summed E-state index contributed by atoms with van der Waals surface area (Å²) >= 11 is -1.34. The molecular weight excluding hydrogens is 541 g/mol. The van der Waals surface area contributed by atoms with Crippen molar-refractivity contribution >= 4 is 27.2 Å². The van der Waals surface area contributed by atoms with Crippen LogP contribution < -0.4 is 10.3 Å². The van der Waals surface area contributed by atoms with Gasteiger partial charge in [0.2, 0.25) is 10.0 Å². The van der Waals surface area contributed by atoms with E-state index in [-0.39, 0.29) is 28.2 Å². The predicted molar refractivity (Wildman–Crippen MR) is 153 cm³/mol. The van der Waals surface area contributed by atoms with Crippen molar-refractivity contribution in [2.24, 2.45) is 7.05 Å². The first kappa shape index (κ1) is 30.7. The van der Waals surface area contributed by atoms with Gasteiger partial charge in [0.25, 0.3) is 5.56 Å². The van der Waals surface area contributed by atoms with Crippen LogP contribution in [0.4, 0.5) is 4.39 Å². The van der Waals surface area contributed by atoms with E-state index in [1.165, 1.54) is 49.0 Å². The van der Waals surface area contributed by atoms with Gasteiger partial charge >= 0.3 is 0 Å². The summed E-state index contributed by atoms with van der Waals surface area (Å²) in [4.78, 5) is 26.3. The zero-order valence-corrected chi connectivity index (χ0v) is 24.4. The minimum absolute atomic E-state index is 0.254. The molecule has 1 aromatic heterocycles. The molecule has 3 aromatic rings. The number of hydrogen-bond acceptors (Lipinski definition) is 6. The van der Waals surface area contributed by atoms with E-state index in [2.05, 4.69) is 4.72 Å². The maximum Gasteiger partial charge on any atom is 0.250 e. The number of carbonyl (C=O) groups excluding carboxylic acids is 1. The van der Waals surface area contributed by atoms with Gasteiger partial charge in [-0.2, -0.15) is 0 Å². The smallest absolute Gasteiger partial charge is 0.250 e. The van der Waals surface area contributed by atoms with Crippen molar-refractivity contribution in [3.8, 4) is 11.1 Å². The number of unbranched alkanes of at least 4 members (excludes halogenated alkanes) is 1. The van der Waals surface area contributed by atoms with Crippen molar-refractivity contribution in [3.63, 3.8) is 0 Å². The van der Waals surface area contributed by atoms with E-state index >= 15 is 0 Å². The van der Waals surface area contributed by atoms with Crippen LogP contribution in [0.5, 0.6) is 0 Å². The number of aryl methyl sites for hydroxylation is 1. The summed E-state index contributed by atoms with van der Waals surface area (Å²) in [6.45, 7) is 3.78. The second-order valence-electron chi connectivity index (χ2n) is 9.59. The third kappa shape index (κ3) is 7.64. The molecular formula is C28H34FN3O5S2. The topological polar surface area (TPSA) is 112 Å². The molecule has 0 aliphatic heterocycles. The highest BCUT2D eigenvalue weighted by molar-refractivity contribution is 7.89. The number of nitrogens with one attached hydrogen (secondary N) is 1. The van der Waals surface area contributed by atoms with Crippen LogP contribution in [0.1, 0.15) is 59.8 Å². The minimum Gasteiger partial charge on any atom is -0.598 e. The first-order valence-corrected chi connectivity index (χ1v) is 15.5. The van der Waals surface area contributed by atoms with Gasteiger partial charge in [-0.25, -0.2) is 17.1 Å². The Morgan fingerprint density at radius 3 is 2.41 bits per heavy atom. The van der Waals surface area contributed by atoms with E-state index in [1.54, 1.807) is 38.4 Å². The molecule has 0 fully saturated rings. The largest absolute Gasteiger partial charge is 0.598 e. The molecule has 0 saturated heterocycles. The van der Waals surface area contributed by atoms with Crippen molar-refractivity contribution < 1.29 is 22.2 Å². The molecule has 210 valence electrons. The number of carbonyl (C=O) groups is 1. The molecule has 2 aromatic carbocycles. The fourth-order valence-corrected chi connectivity index (χ4v) is 6.07. The Morgan fingerprint density at radius 1 is 1.13 bits per heavy atom. The number of ketones is 1. The van der Waals surface area contributed by atoms with E-state index < -0.39 is 33.2 Å². The molecule has 2 atom stereocenters. The van der Waals surface area contributed by atoms with Crippen LogP contribution in [0.15, 0.2) is 59.5 Å². The molecule has 39 heavy (non-hydrogen) atoms. The first-order valence-electron chi connectivity index (χ1n) is 12.5. The Labute approximate surface area is 232 Å². The highest BCUT2D eigenvalue weighted by Gasteiger charge is 2.24. The molecule has 0 bridgehead atoms. The lowest BCUT2D eigenvalue weighted by Crippen LogP contribution is -2.31. The Kier molecular flexibility index (Phi) is 10.2. The van der Waals surface area contributed by atoms with E-state index in [1.807, 2.05) is 6.92 Å². The van der Waals surface area contributed by atoms with Crippen LogP contribution >= 0.6 is 0 Å². The van der Waals surface area contributed by atoms with Gasteiger partial charge in [0.05, 0.1) is 11.8 Å². The monoisotopic (exact) mass is 575 g/mol. The highest BCUT2D eigenvalue weighted by atomic mass is 32.2. The average molecular weight is 576 g/mol. The van der Waals surface area contributed by atoms with E-state index in [4.69, 9.17) is 0 Å². The van der Waals surface area contributed by atoms with Crippen molar-refractivity contribution in [3.05, 3.63) is 93.2 Å². The maximum atomic E-state index is 13.6. The summed E-state index contributed by atoms with van der Waals surface area (Å²) in [7, 11) is 0.859. The zero-order chi connectivity index (χ0) is 28.9. The van der Waals surface area contributed by atoms with Crippen LogP contribution in [-0.2, 0) is 34.2 Å². The van der Waals surface area contributed by atoms with Gasteiger partial charge in [0.15, 0.2) is 5.78 Å². The maximum absolute atomic E-state index is 13.6. The highest BCUT2D eigenvalue weighted by Crippen LogP contribution is 2.33. The number of hydrogen-bond donors (Lipinski definition) is 1. The van der Waals surface area contributed by atoms with E-state index in [0.29, 0.717) is 28.0 Å². The van der Waals surface area contributed by atoms with Crippen molar-refractivity contribution in [2.75, 3.05) is 19.8 Å². The lowest BCUT2D eigenvalue weighted by atomic mass is 9.89. The number of rotatable bonds is 12. The third-order valence-corrected chi connectivity index (χ3v) is 9.44. The second kappa shape index (κ2) is 13.0. The Hall–Kier alpha value is -2.83. The van der Waals surface area contributed by atoms with Gasteiger partial charge in [-0.3, -0.25) is 9.59 Å². The molecule has 8 nitrogen and oxygen atoms in total. The second-order valence-corrected chi connectivity index (χ2v) is 13.1. The molecule has 0 radical (unpaired) electrons. The SMILES string of the molecule is CCCC[S+]([O-])N[C@@H](C)c1cc(=O)n(C)cc1-c1cc(CS(=O)(=O)N(C)C)ccc1C(=O)c1ccc(F)cc1. The van der Waals surface area contributed by atoms with Crippen molar-refractivity contribution in [1.29, 1.82) is 0 Å². The Morgan fingerprint density at radius 2 is 1.79 bits per heavy atom. The van der Waals surface area contributed by atoms with Crippen molar-refractivity contribution in [2.45, 2.75) is 38.5 Å². The first-order chi connectivity index (χ1) is 18.3. The molecule has 0 spiro atoms. The predicted octanol–water partition coefficient (Wildman–Crippen LogP) is 3.93. The standard InChI is InChI=1S/C28H34FN3O5S2/c1-6-7-14-38(35)30-19(2)24-16-27(33)32(5)17-26(24)25-15-20(18-39(36,37)31(3)4)8-13-23(25)28(34)21-9-11-22(29)12-10-21/h8-13,15-17,19,30H,6-7,14,18H2,1-5H3/t19-,38?/m0/s1. The molecule has 0 aliphatic rings. The molecule has 1 unspecified atom stereocenters. The Balaban J connectivity index is 2.22. The molecule has 1 heterocycles.